The summed E-state index contributed by atoms with van der Waals surface area (Å²) in [6, 6.07) is 19.2. The zero-order valence-electron chi connectivity index (χ0n) is 9.71. The van der Waals surface area contributed by atoms with Gasteiger partial charge in [-0.25, -0.2) is 0 Å². The summed E-state index contributed by atoms with van der Waals surface area (Å²) in [5, 5.41) is 0. The number of fused-ring (bicyclic) bond motifs is 1. The first-order chi connectivity index (χ1) is 8.45. The first kappa shape index (κ1) is 10.3. The molecule has 2 aromatic rings. The number of aliphatic imine (C=N–C) groups is 1. The van der Waals surface area contributed by atoms with E-state index in [4.69, 9.17) is 0 Å². The molecule has 0 fully saturated rings. The molecular weight excluding hydrogens is 206 g/mol. The SMILES string of the molecule is C1=Nc2ccccc2C(c2ccccc2)CC1. The monoisotopic (exact) mass is 221 g/mol. The van der Waals surface area contributed by atoms with E-state index in [2.05, 4.69) is 59.6 Å². The second-order valence-corrected chi connectivity index (χ2v) is 4.41. The van der Waals surface area contributed by atoms with Crippen molar-refractivity contribution in [2.75, 3.05) is 0 Å². The molecule has 1 heterocycles. The Hall–Kier alpha value is -1.89. The average Bonchev–Trinajstić information content (AvgIpc) is 2.62. The molecule has 0 amide bonds. The number of nitrogens with zero attached hydrogens (tertiary/aromatic N) is 1. The Morgan fingerprint density at radius 2 is 1.65 bits per heavy atom. The van der Waals surface area contributed by atoms with Crippen LogP contribution in [0.3, 0.4) is 0 Å². The highest BCUT2D eigenvalue weighted by Crippen LogP contribution is 2.36. The van der Waals surface area contributed by atoms with Crippen LogP contribution in [0.15, 0.2) is 59.6 Å². The lowest BCUT2D eigenvalue weighted by Gasteiger charge is -2.17. The third kappa shape index (κ3) is 2.01. The first-order valence-electron chi connectivity index (χ1n) is 6.11. The van der Waals surface area contributed by atoms with Crippen molar-refractivity contribution in [1.82, 2.24) is 0 Å². The number of benzene rings is 2. The maximum atomic E-state index is 4.54. The predicted molar refractivity (Wildman–Crippen MR) is 72.1 cm³/mol. The molecule has 0 bridgehead atoms. The lowest BCUT2D eigenvalue weighted by atomic mass is 9.87. The molecule has 1 aliphatic rings. The Kier molecular flexibility index (Phi) is 2.74. The summed E-state index contributed by atoms with van der Waals surface area (Å²) >= 11 is 0. The van der Waals surface area contributed by atoms with Gasteiger partial charge < -0.3 is 0 Å². The summed E-state index contributed by atoms with van der Waals surface area (Å²) in [4.78, 5) is 4.54. The molecule has 1 heteroatoms. The minimum absolute atomic E-state index is 0.481. The van der Waals surface area contributed by atoms with E-state index < -0.39 is 0 Å². The van der Waals surface area contributed by atoms with Gasteiger partial charge in [-0.05, 0) is 30.0 Å². The molecule has 0 saturated carbocycles. The number of hydrogen-bond acceptors (Lipinski definition) is 1. The van der Waals surface area contributed by atoms with Gasteiger partial charge in [-0.2, -0.15) is 0 Å². The highest BCUT2D eigenvalue weighted by atomic mass is 14.7. The van der Waals surface area contributed by atoms with E-state index in [1.807, 2.05) is 6.21 Å². The lowest BCUT2D eigenvalue weighted by molar-refractivity contribution is 0.756. The molecule has 1 aliphatic heterocycles. The van der Waals surface area contributed by atoms with Gasteiger partial charge in [0.15, 0.2) is 0 Å². The van der Waals surface area contributed by atoms with E-state index in [0.717, 1.165) is 18.5 Å². The van der Waals surface area contributed by atoms with Gasteiger partial charge >= 0.3 is 0 Å². The van der Waals surface area contributed by atoms with E-state index in [1.165, 1.54) is 11.1 Å². The minimum atomic E-state index is 0.481. The second-order valence-electron chi connectivity index (χ2n) is 4.41. The summed E-state index contributed by atoms with van der Waals surface area (Å²) in [5.41, 5.74) is 3.87. The zero-order valence-corrected chi connectivity index (χ0v) is 9.71. The Morgan fingerprint density at radius 1 is 0.882 bits per heavy atom. The van der Waals surface area contributed by atoms with Crippen LogP contribution in [0.4, 0.5) is 5.69 Å². The second kappa shape index (κ2) is 4.54. The van der Waals surface area contributed by atoms with Gasteiger partial charge in [0.25, 0.3) is 0 Å². The lowest BCUT2D eigenvalue weighted by Crippen LogP contribution is -2.00. The average molecular weight is 221 g/mol. The van der Waals surface area contributed by atoms with Gasteiger partial charge in [-0.1, -0.05) is 48.5 Å². The molecule has 0 radical (unpaired) electrons. The normalized spacial score (nSPS) is 18.5. The van der Waals surface area contributed by atoms with Crippen LogP contribution in [0, 0.1) is 0 Å². The fourth-order valence-electron chi connectivity index (χ4n) is 2.49. The van der Waals surface area contributed by atoms with E-state index in [1.54, 1.807) is 0 Å². The van der Waals surface area contributed by atoms with Gasteiger partial charge in [0, 0.05) is 12.1 Å². The maximum absolute atomic E-state index is 4.54. The predicted octanol–water partition coefficient (Wildman–Crippen LogP) is 4.31. The Labute approximate surface area is 102 Å². The van der Waals surface area contributed by atoms with E-state index in [9.17, 15) is 0 Å². The molecule has 3 rings (SSSR count). The highest BCUT2D eigenvalue weighted by Gasteiger charge is 2.18. The van der Waals surface area contributed by atoms with Crippen LogP contribution in [0.25, 0.3) is 0 Å². The molecule has 0 spiro atoms. The molecule has 0 aromatic heterocycles. The van der Waals surface area contributed by atoms with Crippen molar-refractivity contribution in [3.05, 3.63) is 65.7 Å². The van der Waals surface area contributed by atoms with Gasteiger partial charge in [0.2, 0.25) is 0 Å². The van der Waals surface area contributed by atoms with E-state index >= 15 is 0 Å². The van der Waals surface area contributed by atoms with E-state index in [-0.39, 0.29) is 0 Å². The molecule has 0 saturated heterocycles. The Morgan fingerprint density at radius 3 is 2.53 bits per heavy atom. The van der Waals surface area contributed by atoms with Crippen molar-refractivity contribution in [2.24, 2.45) is 4.99 Å². The van der Waals surface area contributed by atoms with Crippen molar-refractivity contribution in [2.45, 2.75) is 18.8 Å². The molecular formula is C16H15N. The van der Waals surface area contributed by atoms with Crippen LogP contribution in [0.5, 0.6) is 0 Å². The van der Waals surface area contributed by atoms with Crippen LogP contribution in [0.1, 0.15) is 29.9 Å². The number of para-hydroxylation sites is 1. The summed E-state index contributed by atoms with van der Waals surface area (Å²) in [6.45, 7) is 0. The van der Waals surface area contributed by atoms with Crippen molar-refractivity contribution in [3.8, 4) is 0 Å². The molecule has 1 nitrogen and oxygen atoms in total. The molecule has 1 unspecified atom stereocenters. The molecule has 0 aliphatic carbocycles. The third-order valence-electron chi connectivity index (χ3n) is 3.33. The van der Waals surface area contributed by atoms with Crippen LogP contribution in [0.2, 0.25) is 0 Å². The topological polar surface area (TPSA) is 12.4 Å². The van der Waals surface area contributed by atoms with Crippen LogP contribution >= 0.6 is 0 Å². The quantitative estimate of drug-likeness (QED) is 0.680. The minimum Gasteiger partial charge on any atom is -0.261 e. The smallest absolute Gasteiger partial charge is 0.0663 e. The summed E-state index contributed by atoms with van der Waals surface area (Å²) in [6.07, 6.45) is 4.24. The highest BCUT2D eigenvalue weighted by molar-refractivity contribution is 5.67. The first-order valence-corrected chi connectivity index (χ1v) is 6.11. The van der Waals surface area contributed by atoms with Crippen molar-refractivity contribution in [3.63, 3.8) is 0 Å². The van der Waals surface area contributed by atoms with Gasteiger partial charge in [-0.3, -0.25) is 4.99 Å². The third-order valence-corrected chi connectivity index (χ3v) is 3.33. The fourth-order valence-corrected chi connectivity index (χ4v) is 2.49. The molecule has 2 aromatic carbocycles. The molecule has 1 atom stereocenters. The number of rotatable bonds is 1. The van der Waals surface area contributed by atoms with Crippen molar-refractivity contribution in [1.29, 1.82) is 0 Å². The summed E-state index contributed by atoms with van der Waals surface area (Å²) in [5.74, 6) is 0.481. The van der Waals surface area contributed by atoms with Crippen molar-refractivity contribution < 1.29 is 0 Å². The zero-order chi connectivity index (χ0) is 11.5. The maximum Gasteiger partial charge on any atom is 0.0663 e. The molecule has 17 heavy (non-hydrogen) atoms. The van der Waals surface area contributed by atoms with Gasteiger partial charge in [0.05, 0.1) is 5.69 Å². The van der Waals surface area contributed by atoms with E-state index in [0.29, 0.717) is 5.92 Å². The van der Waals surface area contributed by atoms with Crippen LogP contribution in [-0.2, 0) is 0 Å². The number of hydrogen-bond donors (Lipinski definition) is 0. The standard InChI is InChI=1S/C16H15N/c1-2-7-13(8-3-1)14-10-6-12-17-16-11-5-4-9-15(14)16/h1-5,7-9,11-12,14H,6,10H2. The summed E-state index contributed by atoms with van der Waals surface area (Å²) < 4.78 is 0. The van der Waals surface area contributed by atoms with Crippen LogP contribution < -0.4 is 0 Å². The van der Waals surface area contributed by atoms with Crippen molar-refractivity contribution >= 4 is 11.9 Å². The Bertz CT molecular complexity index is 528. The largest absolute Gasteiger partial charge is 0.261 e. The van der Waals surface area contributed by atoms with Gasteiger partial charge in [0.1, 0.15) is 0 Å². The van der Waals surface area contributed by atoms with Crippen LogP contribution in [-0.4, -0.2) is 6.21 Å². The molecule has 0 N–H and O–H groups in total. The summed E-state index contributed by atoms with van der Waals surface area (Å²) in [7, 11) is 0. The fraction of sp³-hybridized carbons (Fsp3) is 0.188. The Balaban J connectivity index is 2.09. The van der Waals surface area contributed by atoms with Gasteiger partial charge in [-0.15, -0.1) is 0 Å². The molecule has 84 valence electrons.